The zero-order valence-corrected chi connectivity index (χ0v) is 6.65. The van der Waals surface area contributed by atoms with E-state index in [1.165, 1.54) is 0 Å². The van der Waals surface area contributed by atoms with E-state index in [4.69, 9.17) is 17.5 Å². The van der Waals surface area contributed by atoms with E-state index in [-0.39, 0.29) is 12.3 Å². The zero-order chi connectivity index (χ0) is 7.15. The molecule has 10 heavy (non-hydrogen) atoms. The normalized spacial score (nSPS) is 12.4. The van der Waals surface area contributed by atoms with Gasteiger partial charge in [0.2, 0.25) is 0 Å². The lowest BCUT2D eigenvalue weighted by molar-refractivity contribution is 0.537. The third-order valence-electron chi connectivity index (χ3n) is 0. The van der Waals surface area contributed by atoms with Gasteiger partial charge in [-0.25, -0.2) is 0 Å². The van der Waals surface area contributed by atoms with Gasteiger partial charge in [-0.2, -0.15) is 0 Å². The molecule has 0 amide bonds. The Bertz CT molecular complexity index is 73.3. The minimum absolute atomic E-state index is 0. The maximum Gasteiger partial charge on any atom is 0.0152 e. The van der Waals surface area contributed by atoms with Crippen molar-refractivity contribution in [2.75, 3.05) is 0 Å². The molecule has 0 saturated carbocycles. The summed E-state index contributed by atoms with van der Waals surface area (Å²) in [6.07, 6.45) is 0. The zero-order valence-electron chi connectivity index (χ0n) is 5.02. The summed E-state index contributed by atoms with van der Waals surface area (Å²) in [6.45, 7) is 0. The van der Waals surface area contributed by atoms with E-state index < -0.39 is 22.5 Å². The van der Waals surface area contributed by atoms with Gasteiger partial charge in [-0.15, -0.1) is 0 Å². The van der Waals surface area contributed by atoms with Gasteiger partial charge >= 0.3 is 0 Å². The molecule has 0 aliphatic carbocycles. The highest BCUT2D eigenvalue weighted by Crippen LogP contribution is 1.33. The SMILES string of the molecule is N.N.NS(=O)[O-].NS(=O)[O-]. The molecule has 0 aromatic heterocycles. The smallest absolute Gasteiger partial charge is 0.0152 e. The summed E-state index contributed by atoms with van der Waals surface area (Å²) in [6, 6.07) is 0. The molecule has 0 radical (unpaired) electrons. The summed E-state index contributed by atoms with van der Waals surface area (Å²) >= 11 is -4.72. The van der Waals surface area contributed by atoms with Crippen molar-refractivity contribution in [3.05, 3.63) is 0 Å². The largest absolute Gasteiger partial charge is 0.760 e. The van der Waals surface area contributed by atoms with Crippen molar-refractivity contribution in [1.29, 1.82) is 0 Å². The first-order valence-corrected chi connectivity index (χ1v) is 3.41. The highest BCUT2D eigenvalue weighted by Gasteiger charge is 1.39. The van der Waals surface area contributed by atoms with Gasteiger partial charge in [-0.1, -0.05) is 0 Å². The molecule has 0 fully saturated rings. The highest BCUT2D eigenvalue weighted by molar-refractivity contribution is 7.76. The van der Waals surface area contributed by atoms with Crippen LogP contribution in [-0.4, -0.2) is 17.5 Å². The van der Waals surface area contributed by atoms with E-state index in [0.29, 0.717) is 0 Å². The Kier molecular flexibility index (Phi) is 36.0. The molecule has 0 aromatic carbocycles. The van der Waals surface area contributed by atoms with E-state index >= 15 is 0 Å². The summed E-state index contributed by atoms with van der Waals surface area (Å²) in [7, 11) is 0. The lowest BCUT2D eigenvalue weighted by Crippen LogP contribution is -1.97. The van der Waals surface area contributed by atoms with E-state index in [9.17, 15) is 0 Å². The van der Waals surface area contributed by atoms with Crippen molar-refractivity contribution in [3.63, 3.8) is 0 Å². The quantitative estimate of drug-likeness (QED) is 0.315. The summed E-state index contributed by atoms with van der Waals surface area (Å²) in [4.78, 5) is 0. The van der Waals surface area contributed by atoms with Gasteiger partial charge < -0.3 is 21.4 Å². The van der Waals surface area contributed by atoms with Gasteiger partial charge in [0.1, 0.15) is 0 Å². The Hall–Kier alpha value is 0.0600. The third kappa shape index (κ3) is 112000. The first kappa shape index (κ1) is 22.5. The Balaban J connectivity index is -0.0000000300. The molecule has 0 rings (SSSR count). The van der Waals surface area contributed by atoms with Gasteiger partial charge in [-0.3, -0.25) is 18.7 Å². The van der Waals surface area contributed by atoms with Crippen LogP contribution in [0.1, 0.15) is 0 Å². The minimum Gasteiger partial charge on any atom is -0.760 e. The fourth-order valence-corrected chi connectivity index (χ4v) is 0. The van der Waals surface area contributed by atoms with Crippen LogP contribution in [0.15, 0.2) is 0 Å². The van der Waals surface area contributed by atoms with Gasteiger partial charge in [-0.05, 0) is 0 Å². The molecule has 0 saturated heterocycles. The number of hydrogen-bond acceptors (Lipinski definition) is 6. The Morgan fingerprint density at radius 1 is 0.900 bits per heavy atom. The van der Waals surface area contributed by atoms with E-state index in [1.807, 2.05) is 0 Å². The van der Waals surface area contributed by atoms with Crippen molar-refractivity contribution in [2.24, 2.45) is 10.3 Å². The molecular formula is H10N4O4S2-2. The second-order valence-corrected chi connectivity index (χ2v) is 1.56. The summed E-state index contributed by atoms with van der Waals surface area (Å²) in [5.74, 6) is 0. The van der Waals surface area contributed by atoms with Crippen molar-refractivity contribution in [1.82, 2.24) is 12.3 Å². The molecule has 0 aromatic rings. The highest BCUT2D eigenvalue weighted by atomic mass is 32.2. The lowest BCUT2D eigenvalue weighted by Gasteiger charge is -1.85. The molecule has 0 bridgehead atoms. The van der Waals surface area contributed by atoms with Gasteiger partial charge in [0, 0.05) is 22.5 Å². The minimum atomic E-state index is -2.36. The molecule has 2 atom stereocenters. The van der Waals surface area contributed by atoms with Crippen molar-refractivity contribution in [2.45, 2.75) is 0 Å². The van der Waals surface area contributed by atoms with Crippen LogP contribution in [0.25, 0.3) is 0 Å². The Morgan fingerprint density at radius 3 is 0.900 bits per heavy atom. The first-order chi connectivity index (χ1) is 3.46. The van der Waals surface area contributed by atoms with Gasteiger partial charge in [0.05, 0.1) is 0 Å². The molecular weight excluding hydrogens is 184 g/mol. The van der Waals surface area contributed by atoms with Crippen LogP contribution in [-0.2, 0) is 22.5 Å². The second-order valence-electron chi connectivity index (χ2n) is 0.521. The topological polar surface area (TPSA) is 202 Å². The van der Waals surface area contributed by atoms with E-state index in [2.05, 4.69) is 10.3 Å². The summed E-state index contributed by atoms with van der Waals surface area (Å²) in [5.41, 5.74) is 0. The fourth-order valence-electron chi connectivity index (χ4n) is 0. The predicted octanol–water partition coefficient (Wildman–Crippen LogP) is -2.20. The number of hydrogen-bond donors (Lipinski definition) is 4. The van der Waals surface area contributed by atoms with Gasteiger partial charge in [0.15, 0.2) is 0 Å². The summed E-state index contributed by atoms with van der Waals surface area (Å²) in [5, 5.41) is 8.06. The fraction of sp³-hybridized carbons (Fsp3) is 0. The third-order valence-corrected chi connectivity index (χ3v) is 0. The molecule has 0 heterocycles. The van der Waals surface area contributed by atoms with Crippen LogP contribution >= 0.6 is 0 Å². The maximum absolute atomic E-state index is 8.78. The van der Waals surface area contributed by atoms with Crippen LogP contribution in [0.4, 0.5) is 0 Å². The molecule has 68 valence electrons. The number of rotatable bonds is 0. The van der Waals surface area contributed by atoms with E-state index in [0.717, 1.165) is 0 Å². The van der Waals surface area contributed by atoms with Crippen LogP contribution in [0.3, 0.4) is 0 Å². The van der Waals surface area contributed by atoms with Crippen molar-refractivity contribution >= 4 is 22.5 Å². The maximum atomic E-state index is 8.78. The van der Waals surface area contributed by atoms with Crippen LogP contribution in [0.5, 0.6) is 0 Å². The molecule has 8 nitrogen and oxygen atoms in total. The van der Waals surface area contributed by atoms with Crippen LogP contribution in [0.2, 0.25) is 0 Å². The Labute approximate surface area is 63.4 Å². The Morgan fingerprint density at radius 2 is 0.900 bits per heavy atom. The predicted molar refractivity (Wildman–Crippen MR) is 36.3 cm³/mol. The second kappa shape index (κ2) is 16.0. The molecule has 10 N–H and O–H groups in total. The first-order valence-electron chi connectivity index (χ1n) is 1.14. The van der Waals surface area contributed by atoms with Gasteiger partial charge in [0.25, 0.3) is 0 Å². The standard InChI is InChI=1S/2H3NO2S.2H3N/c2*1-4(2)3;;/h2*1H2,(H,2,3);2*1H3/p-2. The molecule has 0 aliphatic heterocycles. The summed E-state index contributed by atoms with van der Waals surface area (Å²) < 4.78 is 35.1. The molecule has 2 unspecified atom stereocenters. The molecule has 0 aliphatic rings. The van der Waals surface area contributed by atoms with Crippen LogP contribution < -0.4 is 22.6 Å². The van der Waals surface area contributed by atoms with Crippen LogP contribution in [0, 0.1) is 0 Å². The molecule has 0 spiro atoms. The monoisotopic (exact) mass is 194 g/mol. The van der Waals surface area contributed by atoms with Crippen molar-refractivity contribution < 1.29 is 17.5 Å². The number of nitrogens with two attached hydrogens (primary N) is 2. The van der Waals surface area contributed by atoms with E-state index in [1.54, 1.807) is 0 Å². The average Bonchev–Trinajstić information content (AvgIpc) is 1.25. The molecule has 10 heteroatoms. The lowest BCUT2D eigenvalue weighted by atomic mass is 13.9. The van der Waals surface area contributed by atoms with Crippen molar-refractivity contribution in [3.8, 4) is 0 Å². The average molecular weight is 194 g/mol.